The Kier molecular flexibility index (Phi) is 25.7. The van der Waals surface area contributed by atoms with Crippen molar-refractivity contribution in [1.29, 1.82) is 10.5 Å². The number of pyridine rings is 1. The van der Waals surface area contributed by atoms with Gasteiger partial charge in [-0.2, -0.15) is 9.83 Å². The van der Waals surface area contributed by atoms with Crippen LogP contribution in [0, 0.1) is 23.2 Å². The number of amides is 1. The molecule has 1 aromatic heterocycles. The number of carbonyl (C=O) groups excluding carboxylic acids is 1. The van der Waals surface area contributed by atoms with E-state index in [1.807, 2.05) is 36.4 Å². The number of carbonyl (C=O) groups is 1. The van der Waals surface area contributed by atoms with Crippen LogP contribution in [0.15, 0.2) is 85.1 Å². The number of aliphatic hydroxyl groups is 2. The minimum atomic E-state index is -0.572. The third-order valence-corrected chi connectivity index (χ3v) is 16.4. The summed E-state index contributed by atoms with van der Waals surface area (Å²) in [5.74, 6) is 8.33. The zero-order valence-corrected chi connectivity index (χ0v) is 57.8. The van der Waals surface area contributed by atoms with Crippen LogP contribution in [0.5, 0.6) is 69.0 Å². The molecule has 0 fully saturated rings. The van der Waals surface area contributed by atoms with Crippen molar-refractivity contribution in [3.63, 3.8) is 0 Å². The molecule has 0 bridgehead atoms. The Morgan fingerprint density at radius 1 is 0.644 bits per heavy atom. The molecule has 0 saturated carbocycles. The fourth-order valence-electron chi connectivity index (χ4n) is 12.7. The number of nitrogens with zero attached hydrogens (tertiary/aromatic N) is 5. The molecule has 3 radical (unpaired) electrons. The number of aromatic nitrogens is 1. The Morgan fingerprint density at radius 3 is 1.71 bits per heavy atom. The monoisotopic (exact) mass is 1280 g/mol. The first-order chi connectivity index (χ1) is 42.1. The number of fused-ring (bicyclic) bond motifs is 15. The number of aryl methyl sites for hydroxylation is 2. The number of aliphatic hydroxyl groups excluding tert-OH is 2. The predicted octanol–water partition coefficient (Wildman–Crippen LogP) is -1.37. The van der Waals surface area contributed by atoms with Gasteiger partial charge in [0.1, 0.15) is 12.1 Å². The van der Waals surface area contributed by atoms with Crippen molar-refractivity contribution in [3.05, 3.63) is 142 Å². The van der Waals surface area contributed by atoms with E-state index in [0.717, 1.165) is 150 Å². The maximum Gasteiger partial charge on any atom is 1.00 e. The number of benzene rings is 6. The van der Waals surface area contributed by atoms with E-state index in [2.05, 4.69) is 75.2 Å². The zero-order valence-electron chi connectivity index (χ0n) is 52.9. The Hall–Kier alpha value is -6.81. The van der Waals surface area contributed by atoms with Crippen molar-refractivity contribution in [2.24, 2.45) is 5.73 Å². The van der Waals surface area contributed by atoms with E-state index in [1.165, 1.54) is 33.5 Å². The molecule has 15 rings (SSSR count). The maximum atomic E-state index is 12.6. The van der Waals surface area contributed by atoms with Crippen molar-refractivity contribution in [1.82, 2.24) is 9.80 Å². The Balaban J connectivity index is 0.000000232. The van der Waals surface area contributed by atoms with Crippen LogP contribution in [-0.4, -0.2) is 125 Å². The summed E-state index contributed by atoms with van der Waals surface area (Å²) in [6, 6.07) is 27.9. The summed E-state index contributed by atoms with van der Waals surface area (Å²) in [6.07, 6.45) is 7.63. The van der Waals surface area contributed by atoms with Gasteiger partial charge in [-0.15, -0.1) is 0 Å². The number of nitriles is 1. The van der Waals surface area contributed by atoms with Crippen LogP contribution < -0.4 is 160 Å². The third kappa shape index (κ3) is 13.2. The average Bonchev–Trinajstić information content (AvgIpc) is 1.02. The summed E-state index contributed by atoms with van der Waals surface area (Å²) in [7, 11) is 11.7. The number of hydrogen-bond donors (Lipinski definition) is 3. The minimum Gasteiger partial charge on any atom is -1.00 e. The molecule has 4 N–H and O–H groups in total. The van der Waals surface area contributed by atoms with Crippen LogP contribution in [0.2, 0.25) is 0 Å². The summed E-state index contributed by atoms with van der Waals surface area (Å²) in [5.41, 5.74) is 19.0. The Labute approximate surface area is 597 Å². The molecule has 6 aromatic carbocycles. The molecule has 0 spiro atoms. The average molecular weight is 1280 g/mol. The van der Waals surface area contributed by atoms with Crippen LogP contribution in [0.25, 0.3) is 33.8 Å². The first-order valence-corrected chi connectivity index (χ1v) is 27.5. The van der Waals surface area contributed by atoms with Gasteiger partial charge in [0, 0.05) is 76.6 Å². The molecule has 7 aromatic rings. The predicted molar refractivity (Wildman–Crippen MR) is 320 cm³/mol. The van der Waals surface area contributed by atoms with Gasteiger partial charge in [-0.3, -0.25) is 9.69 Å². The van der Waals surface area contributed by atoms with E-state index in [0.29, 0.717) is 29.8 Å². The fourth-order valence-corrected chi connectivity index (χ4v) is 12.7. The first kappa shape index (κ1) is 72.3. The molecule has 21 nitrogen and oxygen atoms in total. The maximum absolute atomic E-state index is 12.6. The number of methoxy groups -OCH3 is 6. The second-order valence-corrected chi connectivity index (χ2v) is 20.2. The molecular formula is C65H67BClKN6NaO15. The molecule has 3 unspecified atom stereocenters. The van der Waals surface area contributed by atoms with Gasteiger partial charge in [0.25, 0.3) is 0 Å². The molecule has 3 atom stereocenters. The summed E-state index contributed by atoms with van der Waals surface area (Å²) in [4.78, 5) is 16.9. The van der Waals surface area contributed by atoms with Gasteiger partial charge in [-0.1, -0.05) is 12.1 Å². The molecule has 0 aliphatic carbocycles. The second-order valence-electron chi connectivity index (χ2n) is 20.2. The standard InChI is InChI=1S/C21H22N2O5.C21H18N2O4.C20H18NO4.CN.2CH4O.B.ClH.K.Na.H/c1-25-15-4-3-12-7-14-13-9-17-16(27-10-28-17)8-11(13)5-6-23(14)19(21(22)24)18(12)20(15)26-2;1-24-17-4-3-13-7-15-14-9-19-18(26-11-27-19)8-12(14)5-6-23(15)16(10-22)20(13)21(17)25-2;1-22-17-4-3-12-7-16-14-9-19-18(24-11-25-19)8-13(14)5-6-21(16)10-15(12)20(17)23-2;3*1-2;;;;;/h3-4,8-9,14,19H,5-7,10H2,1-2H3,(H2,22,24);3-4,7-9,16H,5-6,11H2,1-2H3;3-4,7-10H,5-6,11H2,1-2H3;;2*2H,1H3;;1H;;;/q;;+1;-1;;;;;2*+1;-1/p-1. The van der Waals surface area contributed by atoms with E-state index in [4.69, 9.17) is 84.6 Å². The number of primary amides is 1. The van der Waals surface area contributed by atoms with Crippen LogP contribution >= 0.6 is 0 Å². The van der Waals surface area contributed by atoms with Crippen molar-refractivity contribution in [2.75, 3.05) is 90.3 Å². The minimum absolute atomic E-state index is 0. The normalized spacial score (nSPS) is 16.5. The van der Waals surface area contributed by atoms with Gasteiger partial charge >= 0.3 is 80.9 Å². The number of halogens is 1. The van der Waals surface area contributed by atoms with E-state index >= 15 is 0 Å². The zero-order chi connectivity index (χ0) is 60.9. The SMILES string of the molecule is CO.CO.COc1ccc2c(c1OC)C(C#N)N1CCc3cc4c(cc3C1=C2)OCO4.COc1ccc2c(c1OC)C(C(N)=O)N1CCc3cc4c(cc3C1C2)OCO4.COc1ccc2cc3[n+](cc2c1OC)CCc1cc2c(cc1-3)OCO2.[B].[C-]#N.[Cl-].[H-].[K+].[Na+]. The van der Waals surface area contributed by atoms with Gasteiger partial charge in [0.2, 0.25) is 32.0 Å². The van der Waals surface area contributed by atoms with Crippen LogP contribution in [0.3, 0.4) is 0 Å². The van der Waals surface area contributed by atoms with E-state index in [1.54, 1.807) is 42.7 Å². The molecule has 0 saturated heterocycles. The van der Waals surface area contributed by atoms with Crippen molar-refractivity contribution < 1.29 is 171 Å². The van der Waals surface area contributed by atoms with E-state index in [-0.39, 0.29) is 129 Å². The number of rotatable bonds is 7. The van der Waals surface area contributed by atoms with Gasteiger partial charge in [-0.25, -0.2) is 0 Å². The quantitative estimate of drug-likeness (QED) is 0.0947. The summed E-state index contributed by atoms with van der Waals surface area (Å²) < 4.78 is 68.7. The molecule has 1 amide bonds. The number of nitrogens with two attached hydrogens (primary N) is 1. The number of ether oxygens (including phenoxy) is 12. The molecule has 25 heteroatoms. The summed E-state index contributed by atoms with van der Waals surface area (Å²) in [6.45, 7) is 7.93. The smallest absolute Gasteiger partial charge is 1.00 e. The topological polar surface area (TPSA) is 252 Å². The van der Waals surface area contributed by atoms with Crippen molar-refractivity contribution in [3.8, 4) is 86.3 Å². The Bertz CT molecular complexity index is 3880. The molecular weight excluding hydrogens is 1210 g/mol. The summed E-state index contributed by atoms with van der Waals surface area (Å²) in [5, 5.41) is 32.4. The van der Waals surface area contributed by atoms with E-state index < -0.39 is 12.1 Å². The molecule has 90 heavy (non-hydrogen) atoms. The van der Waals surface area contributed by atoms with Crippen molar-refractivity contribution >= 4 is 36.9 Å². The van der Waals surface area contributed by atoms with Crippen LogP contribution in [-0.2, 0) is 37.0 Å². The molecule has 459 valence electrons. The summed E-state index contributed by atoms with van der Waals surface area (Å²) >= 11 is 0. The fraction of sp³-hybridized carbons (Fsp3) is 0.323. The first-order valence-electron chi connectivity index (χ1n) is 27.5. The van der Waals surface area contributed by atoms with Crippen LogP contribution in [0.4, 0.5) is 0 Å². The number of hydrogen-bond acceptors (Lipinski definition) is 19. The molecule has 8 aliphatic rings. The third-order valence-electron chi connectivity index (χ3n) is 16.4. The van der Waals surface area contributed by atoms with Gasteiger partial charge in [0.15, 0.2) is 81.7 Å². The van der Waals surface area contributed by atoms with Gasteiger partial charge in [0.05, 0.1) is 59.7 Å². The second kappa shape index (κ2) is 32.0. The molecule has 8 aliphatic heterocycles. The van der Waals surface area contributed by atoms with Gasteiger partial charge in [-0.05, 0) is 125 Å². The van der Waals surface area contributed by atoms with Gasteiger partial charge < -0.3 is 103 Å². The van der Waals surface area contributed by atoms with Crippen LogP contribution in [0.1, 0.15) is 69.6 Å². The van der Waals surface area contributed by atoms with Crippen molar-refractivity contribution in [2.45, 2.75) is 50.4 Å². The Morgan fingerprint density at radius 2 is 1.14 bits per heavy atom. The van der Waals surface area contributed by atoms with E-state index in [9.17, 15) is 10.1 Å². The molecule has 9 heterocycles. The largest absolute Gasteiger partial charge is 1.00 e.